The number of sulfonamides is 1. The Morgan fingerprint density at radius 3 is 2.22 bits per heavy atom. The van der Waals surface area contributed by atoms with Crippen LogP contribution in [0.2, 0.25) is 0 Å². The average Bonchev–Trinajstić information content (AvgIpc) is 2.73. The number of piperidine rings is 1. The lowest BCUT2D eigenvalue weighted by Crippen LogP contribution is -2.42. The Morgan fingerprint density at radius 1 is 1.00 bits per heavy atom. The van der Waals surface area contributed by atoms with Crippen molar-refractivity contribution in [1.29, 1.82) is 0 Å². The van der Waals surface area contributed by atoms with E-state index >= 15 is 0 Å². The van der Waals surface area contributed by atoms with Gasteiger partial charge in [-0.05, 0) is 42.5 Å². The molecule has 32 heavy (non-hydrogen) atoms. The van der Waals surface area contributed by atoms with Gasteiger partial charge in [0.15, 0.2) is 9.84 Å². The standard InChI is InChI=1S/C21H27N3O6S2/c1-16-12-17(2)15-23(14-16)32(29,30)19-8-9-20(21(13-19)24(25)26)22-10-11-31(27,28)18-6-4-3-5-7-18/h3-9,13,16-17,22H,10-12,14-15H2,1-2H3. The van der Waals surface area contributed by atoms with Crippen LogP contribution >= 0.6 is 0 Å². The van der Waals surface area contributed by atoms with Gasteiger partial charge in [-0.25, -0.2) is 16.8 Å². The molecule has 0 bridgehead atoms. The van der Waals surface area contributed by atoms with Gasteiger partial charge in [0.25, 0.3) is 5.69 Å². The number of nitro groups is 1. The lowest BCUT2D eigenvalue weighted by Gasteiger charge is -2.34. The van der Waals surface area contributed by atoms with Crippen molar-refractivity contribution in [2.75, 3.05) is 30.7 Å². The van der Waals surface area contributed by atoms with Gasteiger partial charge in [0.05, 0.1) is 20.5 Å². The SMILES string of the molecule is CC1CC(C)CN(S(=O)(=O)c2ccc(NCCS(=O)(=O)c3ccccc3)c([N+](=O)[O-])c2)C1. The summed E-state index contributed by atoms with van der Waals surface area (Å²) in [6.45, 7) is 4.65. The normalized spacial score (nSPS) is 20.1. The van der Waals surface area contributed by atoms with E-state index in [1.54, 1.807) is 18.2 Å². The highest BCUT2D eigenvalue weighted by Gasteiger charge is 2.33. The van der Waals surface area contributed by atoms with Crippen molar-refractivity contribution in [2.45, 2.75) is 30.1 Å². The van der Waals surface area contributed by atoms with Crippen molar-refractivity contribution >= 4 is 31.2 Å². The number of benzene rings is 2. The predicted octanol–water partition coefficient (Wildman–Crippen LogP) is 3.15. The van der Waals surface area contributed by atoms with E-state index in [1.165, 1.54) is 28.6 Å². The molecule has 1 heterocycles. The maximum Gasteiger partial charge on any atom is 0.293 e. The largest absolute Gasteiger partial charge is 0.378 e. The van der Waals surface area contributed by atoms with E-state index in [1.807, 2.05) is 13.8 Å². The molecule has 0 aliphatic carbocycles. The molecule has 11 heteroatoms. The Kier molecular flexibility index (Phi) is 7.21. The van der Waals surface area contributed by atoms with Crippen molar-refractivity contribution in [3.8, 4) is 0 Å². The number of anilines is 1. The Labute approximate surface area is 188 Å². The van der Waals surface area contributed by atoms with Gasteiger partial charge in [0, 0.05) is 25.7 Å². The predicted molar refractivity (Wildman–Crippen MR) is 122 cm³/mol. The molecule has 2 atom stereocenters. The Morgan fingerprint density at radius 2 is 1.62 bits per heavy atom. The van der Waals surface area contributed by atoms with Gasteiger partial charge in [0.1, 0.15) is 5.69 Å². The molecule has 1 saturated heterocycles. The molecular weight excluding hydrogens is 454 g/mol. The van der Waals surface area contributed by atoms with Crippen molar-refractivity contribution < 1.29 is 21.8 Å². The number of nitrogens with one attached hydrogen (secondary N) is 1. The van der Waals surface area contributed by atoms with Crippen LogP contribution in [0.15, 0.2) is 58.3 Å². The van der Waals surface area contributed by atoms with Crippen molar-refractivity contribution in [3.63, 3.8) is 0 Å². The zero-order chi connectivity index (χ0) is 23.5. The van der Waals surface area contributed by atoms with Gasteiger partial charge in [-0.3, -0.25) is 10.1 Å². The van der Waals surface area contributed by atoms with E-state index in [4.69, 9.17) is 0 Å². The van der Waals surface area contributed by atoms with E-state index < -0.39 is 30.5 Å². The molecule has 1 aliphatic rings. The number of sulfone groups is 1. The average molecular weight is 482 g/mol. The van der Waals surface area contributed by atoms with E-state index in [-0.39, 0.29) is 39.6 Å². The van der Waals surface area contributed by atoms with Gasteiger partial charge < -0.3 is 5.32 Å². The van der Waals surface area contributed by atoms with E-state index in [9.17, 15) is 26.9 Å². The second-order valence-corrected chi connectivity index (χ2v) is 12.3. The minimum absolute atomic E-state index is 0.0642. The Bertz CT molecular complexity index is 1170. The maximum absolute atomic E-state index is 13.1. The number of hydrogen-bond donors (Lipinski definition) is 1. The third kappa shape index (κ3) is 5.45. The van der Waals surface area contributed by atoms with Crippen molar-refractivity contribution in [2.24, 2.45) is 11.8 Å². The fourth-order valence-corrected chi connectivity index (χ4v) is 6.87. The van der Waals surface area contributed by atoms with Crippen LogP contribution in [-0.2, 0) is 19.9 Å². The van der Waals surface area contributed by atoms with Gasteiger partial charge in [-0.15, -0.1) is 0 Å². The summed E-state index contributed by atoms with van der Waals surface area (Å²) in [4.78, 5) is 11.0. The quantitative estimate of drug-likeness (QED) is 0.453. The molecule has 1 fully saturated rings. The summed E-state index contributed by atoms with van der Waals surface area (Å²) in [6.07, 6.45) is 0.931. The van der Waals surface area contributed by atoms with Crippen LogP contribution in [0.25, 0.3) is 0 Å². The van der Waals surface area contributed by atoms with E-state index in [2.05, 4.69) is 5.32 Å². The fourth-order valence-electron chi connectivity index (χ4n) is 3.99. The van der Waals surface area contributed by atoms with Gasteiger partial charge in [0.2, 0.25) is 10.0 Å². The second-order valence-electron chi connectivity index (χ2n) is 8.26. The van der Waals surface area contributed by atoms with Crippen LogP contribution in [0.1, 0.15) is 20.3 Å². The zero-order valence-electron chi connectivity index (χ0n) is 18.0. The summed E-state index contributed by atoms with van der Waals surface area (Å²) in [6, 6.07) is 11.6. The summed E-state index contributed by atoms with van der Waals surface area (Å²) in [5.74, 6) is 0.143. The van der Waals surface area contributed by atoms with Gasteiger partial charge in [-0.2, -0.15) is 4.31 Å². The third-order valence-electron chi connectivity index (χ3n) is 5.43. The smallest absolute Gasteiger partial charge is 0.293 e. The molecule has 3 rings (SSSR count). The van der Waals surface area contributed by atoms with E-state index in [0.29, 0.717) is 13.1 Å². The summed E-state index contributed by atoms with van der Waals surface area (Å²) in [7, 11) is -7.43. The highest BCUT2D eigenvalue weighted by molar-refractivity contribution is 7.91. The maximum atomic E-state index is 13.1. The van der Waals surface area contributed by atoms with Crippen LogP contribution < -0.4 is 5.32 Å². The molecule has 1 N–H and O–H groups in total. The number of hydrogen-bond acceptors (Lipinski definition) is 7. The molecule has 1 aliphatic heterocycles. The lowest BCUT2D eigenvalue weighted by atomic mass is 9.94. The van der Waals surface area contributed by atoms with Crippen LogP contribution in [0.3, 0.4) is 0 Å². The number of nitrogens with zero attached hydrogens (tertiary/aromatic N) is 2. The Balaban J connectivity index is 1.78. The number of rotatable bonds is 8. The molecule has 2 unspecified atom stereocenters. The second kappa shape index (κ2) is 9.55. The van der Waals surface area contributed by atoms with Crippen molar-refractivity contribution in [1.82, 2.24) is 4.31 Å². The van der Waals surface area contributed by atoms with Gasteiger partial charge in [-0.1, -0.05) is 32.0 Å². The van der Waals surface area contributed by atoms with Crippen LogP contribution in [0.5, 0.6) is 0 Å². The minimum atomic E-state index is -3.88. The third-order valence-corrected chi connectivity index (χ3v) is 8.99. The summed E-state index contributed by atoms with van der Waals surface area (Å²) in [5, 5.41) is 14.4. The summed E-state index contributed by atoms with van der Waals surface area (Å²) in [5.41, 5.74) is -0.348. The number of nitro benzene ring substituents is 1. The first-order chi connectivity index (χ1) is 15.0. The highest BCUT2D eigenvalue weighted by atomic mass is 32.2. The van der Waals surface area contributed by atoms with Gasteiger partial charge >= 0.3 is 0 Å². The van der Waals surface area contributed by atoms with Crippen LogP contribution in [0, 0.1) is 22.0 Å². The summed E-state index contributed by atoms with van der Waals surface area (Å²) < 4.78 is 52.3. The summed E-state index contributed by atoms with van der Waals surface area (Å²) >= 11 is 0. The first-order valence-corrected chi connectivity index (χ1v) is 13.4. The fraction of sp³-hybridized carbons (Fsp3) is 0.429. The molecule has 0 amide bonds. The molecule has 0 radical (unpaired) electrons. The molecule has 2 aromatic rings. The lowest BCUT2D eigenvalue weighted by molar-refractivity contribution is -0.384. The monoisotopic (exact) mass is 481 g/mol. The molecule has 0 spiro atoms. The minimum Gasteiger partial charge on any atom is -0.378 e. The highest BCUT2D eigenvalue weighted by Crippen LogP contribution is 2.31. The molecule has 0 saturated carbocycles. The van der Waals surface area contributed by atoms with E-state index in [0.717, 1.165) is 12.5 Å². The topological polar surface area (TPSA) is 127 Å². The molecular formula is C21H27N3O6S2. The Hall–Kier alpha value is -2.50. The first kappa shape index (κ1) is 24.1. The molecule has 174 valence electrons. The molecule has 2 aromatic carbocycles. The zero-order valence-corrected chi connectivity index (χ0v) is 19.6. The molecule has 0 aromatic heterocycles. The van der Waals surface area contributed by atoms with Crippen LogP contribution in [0.4, 0.5) is 11.4 Å². The molecule has 9 nitrogen and oxygen atoms in total. The first-order valence-electron chi connectivity index (χ1n) is 10.3. The van der Waals surface area contributed by atoms with Crippen LogP contribution in [-0.4, -0.2) is 51.5 Å². The van der Waals surface area contributed by atoms with Crippen molar-refractivity contribution in [3.05, 3.63) is 58.6 Å².